The Balaban J connectivity index is 2.38. The smallest absolute Gasteiger partial charge is 0.265 e. The molecule has 0 atom stereocenters. The Morgan fingerprint density at radius 3 is 2.84 bits per heavy atom. The van der Waals surface area contributed by atoms with Gasteiger partial charge in [0.2, 0.25) is 0 Å². The normalized spacial score (nSPS) is 11.5. The second kappa shape index (κ2) is 4.88. The molecule has 1 heterocycles. The van der Waals surface area contributed by atoms with Gasteiger partial charge in [0.25, 0.3) is 10.0 Å². The number of aryl methyl sites for hydroxylation is 1. The lowest BCUT2D eigenvalue weighted by molar-refractivity contribution is 0.570. The lowest BCUT2D eigenvalue weighted by Crippen LogP contribution is -2.16. The fourth-order valence-corrected chi connectivity index (χ4v) is 2.71. The lowest BCUT2D eigenvalue weighted by Gasteiger charge is -2.08. The van der Waals surface area contributed by atoms with Crippen molar-refractivity contribution in [3.8, 4) is 0 Å². The van der Waals surface area contributed by atoms with Crippen molar-refractivity contribution < 1.29 is 12.8 Å². The van der Waals surface area contributed by atoms with Gasteiger partial charge >= 0.3 is 0 Å². The summed E-state index contributed by atoms with van der Waals surface area (Å²) in [6, 6.07) is 3.41. The monoisotopic (exact) mass is 284 g/mol. The third-order valence-corrected chi connectivity index (χ3v) is 3.96. The molecule has 0 aliphatic carbocycles. The van der Waals surface area contributed by atoms with Gasteiger partial charge in [-0.05, 0) is 24.6 Å². The Kier molecular flexibility index (Phi) is 3.43. The van der Waals surface area contributed by atoms with E-state index in [1.54, 1.807) is 0 Å². The molecule has 0 amide bonds. The van der Waals surface area contributed by atoms with Crippen molar-refractivity contribution in [1.82, 2.24) is 10.2 Å². The quantitative estimate of drug-likeness (QED) is 0.740. The summed E-state index contributed by atoms with van der Waals surface area (Å²) in [6.45, 7) is 1.85. The van der Waals surface area contributed by atoms with E-state index in [1.807, 2.05) is 6.92 Å². The number of rotatable bonds is 4. The van der Waals surface area contributed by atoms with Crippen molar-refractivity contribution in [1.29, 1.82) is 0 Å². The van der Waals surface area contributed by atoms with Crippen molar-refractivity contribution in [3.63, 3.8) is 0 Å². The molecule has 4 N–H and O–H groups in total. The van der Waals surface area contributed by atoms with Crippen LogP contribution in [-0.4, -0.2) is 18.6 Å². The molecular weight excluding hydrogens is 271 g/mol. The molecule has 0 bridgehead atoms. The van der Waals surface area contributed by atoms with E-state index in [1.165, 1.54) is 12.3 Å². The number of nitrogen functional groups attached to an aromatic ring is 1. The van der Waals surface area contributed by atoms with Gasteiger partial charge in [0, 0.05) is 11.3 Å². The van der Waals surface area contributed by atoms with Crippen LogP contribution in [0, 0.1) is 5.82 Å². The van der Waals surface area contributed by atoms with Gasteiger partial charge in [0.1, 0.15) is 16.5 Å². The topological polar surface area (TPSA) is 101 Å². The third kappa shape index (κ3) is 2.68. The highest BCUT2D eigenvalue weighted by Crippen LogP contribution is 2.21. The first-order valence-corrected chi connectivity index (χ1v) is 7.02. The molecule has 102 valence electrons. The van der Waals surface area contributed by atoms with Crippen LogP contribution in [0.3, 0.4) is 0 Å². The van der Waals surface area contributed by atoms with Crippen molar-refractivity contribution in [2.45, 2.75) is 18.2 Å². The van der Waals surface area contributed by atoms with E-state index in [2.05, 4.69) is 14.9 Å². The number of nitrogens with one attached hydrogen (secondary N) is 2. The minimum Gasteiger partial charge on any atom is -0.399 e. The van der Waals surface area contributed by atoms with Crippen molar-refractivity contribution in [2.75, 3.05) is 10.5 Å². The van der Waals surface area contributed by atoms with Gasteiger partial charge in [-0.15, -0.1) is 0 Å². The highest BCUT2D eigenvalue weighted by molar-refractivity contribution is 7.92. The van der Waals surface area contributed by atoms with Crippen LogP contribution in [0.25, 0.3) is 0 Å². The minimum atomic E-state index is -4.02. The zero-order chi connectivity index (χ0) is 14.0. The van der Waals surface area contributed by atoms with Gasteiger partial charge in [-0.25, -0.2) is 12.8 Å². The van der Waals surface area contributed by atoms with Crippen LogP contribution >= 0.6 is 0 Å². The van der Waals surface area contributed by atoms with Crippen LogP contribution < -0.4 is 10.5 Å². The van der Waals surface area contributed by atoms with Crippen molar-refractivity contribution in [3.05, 3.63) is 35.8 Å². The average molecular weight is 284 g/mol. The van der Waals surface area contributed by atoms with Crippen LogP contribution in [0.1, 0.15) is 12.5 Å². The standard InChI is InChI=1S/C11H13FN4O2S/c1-2-7-6-14-15-11(7)16-19(17,18)10-4-3-8(13)5-9(10)12/h3-6H,2,13H2,1H3,(H2,14,15,16). The van der Waals surface area contributed by atoms with E-state index in [-0.39, 0.29) is 11.5 Å². The Hall–Kier alpha value is -2.09. The maximum absolute atomic E-state index is 13.6. The molecule has 0 aliphatic rings. The molecule has 0 unspecified atom stereocenters. The van der Waals surface area contributed by atoms with Crippen molar-refractivity contribution in [2.24, 2.45) is 0 Å². The van der Waals surface area contributed by atoms with E-state index in [4.69, 9.17) is 5.73 Å². The number of sulfonamides is 1. The van der Waals surface area contributed by atoms with Gasteiger partial charge in [-0.1, -0.05) is 6.92 Å². The zero-order valence-electron chi connectivity index (χ0n) is 10.1. The summed E-state index contributed by atoms with van der Waals surface area (Å²) in [4.78, 5) is -0.460. The summed E-state index contributed by atoms with van der Waals surface area (Å²) in [5, 5.41) is 6.27. The lowest BCUT2D eigenvalue weighted by atomic mass is 10.3. The molecular formula is C11H13FN4O2S. The number of anilines is 2. The molecule has 1 aromatic heterocycles. The molecule has 0 saturated carbocycles. The van der Waals surface area contributed by atoms with Crippen LogP contribution in [0.2, 0.25) is 0 Å². The number of aromatic nitrogens is 2. The highest BCUT2D eigenvalue weighted by Gasteiger charge is 2.20. The predicted octanol–water partition coefficient (Wildman–Crippen LogP) is 1.49. The Morgan fingerprint density at radius 2 is 2.21 bits per heavy atom. The van der Waals surface area contributed by atoms with Gasteiger partial charge in [-0.3, -0.25) is 9.82 Å². The number of benzene rings is 1. The number of hydrogen-bond donors (Lipinski definition) is 3. The van der Waals surface area contributed by atoms with E-state index in [0.29, 0.717) is 12.0 Å². The summed E-state index contributed by atoms with van der Waals surface area (Å²) < 4.78 is 40.0. The molecule has 0 radical (unpaired) electrons. The van der Waals surface area contributed by atoms with Crippen LogP contribution in [0.5, 0.6) is 0 Å². The summed E-state index contributed by atoms with van der Waals surface area (Å²) in [5.74, 6) is -0.663. The summed E-state index contributed by atoms with van der Waals surface area (Å²) >= 11 is 0. The van der Waals surface area contributed by atoms with Crippen LogP contribution in [0.4, 0.5) is 15.9 Å². The van der Waals surface area contributed by atoms with E-state index < -0.39 is 20.7 Å². The number of halogens is 1. The SMILES string of the molecule is CCc1cn[nH]c1NS(=O)(=O)c1ccc(N)cc1F. The first-order chi connectivity index (χ1) is 8.94. The second-order valence-corrected chi connectivity index (χ2v) is 5.57. The molecule has 2 aromatic rings. The van der Waals surface area contributed by atoms with Crippen LogP contribution in [0.15, 0.2) is 29.3 Å². The molecule has 2 rings (SSSR count). The van der Waals surface area contributed by atoms with E-state index in [9.17, 15) is 12.8 Å². The Labute approximate surface area is 109 Å². The predicted molar refractivity (Wildman–Crippen MR) is 69.6 cm³/mol. The maximum atomic E-state index is 13.6. The molecule has 0 aliphatic heterocycles. The highest BCUT2D eigenvalue weighted by atomic mass is 32.2. The second-order valence-electron chi connectivity index (χ2n) is 3.92. The fourth-order valence-electron chi connectivity index (χ4n) is 1.59. The number of aromatic amines is 1. The molecule has 1 aromatic carbocycles. The van der Waals surface area contributed by atoms with Gasteiger partial charge < -0.3 is 5.73 Å². The zero-order valence-corrected chi connectivity index (χ0v) is 11.0. The Bertz CT molecular complexity index is 696. The van der Waals surface area contributed by atoms with E-state index >= 15 is 0 Å². The largest absolute Gasteiger partial charge is 0.399 e. The number of nitrogens with zero attached hydrogens (tertiary/aromatic N) is 1. The molecule has 6 nitrogen and oxygen atoms in total. The Morgan fingerprint density at radius 1 is 1.47 bits per heavy atom. The summed E-state index contributed by atoms with van der Waals surface area (Å²) in [7, 11) is -4.02. The molecule has 0 spiro atoms. The van der Waals surface area contributed by atoms with Gasteiger partial charge in [0.05, 0.1) is 6.20 Å². The summed E-state index contributed by atoms with van der Waals surface area (Å²) in [5.41, 5.74) is 6.23. The van der Waals surface area contributed by atoms with Crippen LogP contribution in [-0.2, 0) is 16.4 Å². The minimum absolute atomic E-state index is 0.159. The first-order valence-electron chi connectivity index (χ1n) is 5.54. The summed E-state index contributed by atoms with van der Waals surface area (Å²) in [6.07, 6.45) is 2.11. The third-order valence-electron chi connectivity index (χ3n) is 2.58. The average Bonchev–Trinajstić information content (AvgIpc) is 2.74. The molecule has 19 heavy (non-hydrogen) atoms. The molecule has 0 fully saturated rings. The van der Waals surface area contributed by atoms with Gasteiger partial charge in [0.15, 0.2) is 0 Å². The van der Waals surface area contributed by atoms with E-state index in [0.717, 1.165) is 12.1 Å². The fraction of sp³-hybridized carbons (Fsp3) is 0.182. The molecule has 0 saturated heterocycles. The first kappa shape index (κ1) is 13.3. The molecule has 8 heteroatoms. The number of H-pyrrole nitrogens is 1. The number of nitrogens with two attached hydrogens (primary N) is 1. The van der Waals surface area contributed by atoms with Crippen molar-refractivity contribution >= 4 is 21.5 Å². The maximum Gasteiger partial charge on any atom is 0.265 e. The van der Waals surface area contributed by atoms with Gasteiger partial charge in [-0.2, -0.15) is 5.10 Å². The number of hydrogen-bond acceptors (Lipinski definition) is 4.